The molecule has 1 amide bonds. The number of carbonyl (C=O) groups excluding carboxylic acids is 1. The molecule has 2 aliphatic heterocycles. The van der Waals surface area contributed by atoms with Gasteiger partial charge in [0.05, 0.1) is 19.8 Å². The first kappa shape index (κ1) is 19.1. The Morgan fingerprint density at radius 1 is 1.04 bits per heavy atom. The smallest absolute Gasteiger partial charge is 0.435 e. The van der Waals surface area contributed by atoms with Gasteiger partial charge in [0, 0.05) is 44.7 Å². The van der Waals surface area contributed by atoms with E-state index in [4.69, 9.17) is 14.2 Å². The van der Waals surface area contributed by atoms with Gasteiger partial charge >= 0.3 is 6.09 Å². The molecule has 0 unspecified atom stereocenters. The van der Waals surface area contributed by atoms with Crippen LogP contribution in [0.15, 0.2) is 4.99 Å². The van der Waals surface area contributed by atoms with Crippen molar-refractivity contribution in [2.45, 2.75) is 27.2 Å². The maximum absolute atomic E-state index is 12.2. The largest absolute Gasteiger partial charge is 0.447 e. The minimum atomic E-state index is -0.502. The van der Waals surface area contributed by atoms with Gasteiger partial charge in [-0.3, -0.25) is 4.90 Å². The zero-order valence-electron chi connectivity index (χ0n) is 15.3. The van der Waals surface area contributed by atoms with E-state index in [1.165, 1.54) is 0 Å². The van der Waals surface area contributed by atoms with Crippen LogP contribution in [0.25, 0.3) is 0 Å². The van der Waals surface area contributed by atoms with Crippen LogP contribution in [0.3, 0.4) is 0 Å². The molecule has 2 heterocycles. The van der Waals surface area contributed by atoms with Gasteiger partial charge in [-0.05, 0) is 6.42 Å². The number of rotatable bonds is 3. The van der Waals surface area contributed by atoms with Crippen LogP contribution >= 0.6 is 0 Å². The molecule has 0 N–H and O–H groups in total. The molecule has 0 aromatic rings. The van der Waals surface area contributed by atoms with E-state index >= 15 is 0 Å². The Bertz CT molecular complexity index is 420. The number of amides is 1. The highest BCUT2D eigenvalue weighted by Gasteiger charge is 2.27. The molecule has 0 aromatic heterocycles. The van der Waals surface area contributed by atoms with E-state index in [9.17, 15) is 4.79 Å². The van der Waals surface area contributed by atoms with Gasteiger partial charge in [0.2, 0.25) is 0 Å². The van der Waals surface area contributed by atoms with Crippen LogP contribution in [-0.4, -0.2) is 87.5 Å². The predicted molar refractivity (Wildman–Crippen MR) is 92.5 cm³/mol. The normalized spacial score (nSPS) is 21.5. The van der Waals surface area contributed by atoms with Gasteiger partial charge in [0.25, 0.3) is 0 Å². The fourth-order valence-electron chi connectivity index (χ4n) is 2.88. The van der Waals surface area contributed by atoms with Crippen LogP contribution in [0.5, 0.6) is 0 Å². The minimum absolute atomic E-state index is 0.215. The summed E-state index contributed by atoms with van der Waals surface area (Å²) in [6.45, 7) is 13.6. The third-order valence-electron chi connectivity index (χ3n) is 4.13. The molecule has 0 bridgehead atoms. The molecule has 2 fully saturated rings. The fraction of sp³-hybridized carbons (Fsp3) is 0.882. The van der Waals surface area contributed by atoms with Gasteiger partial charge < -0.3 is 19.1 Å². The third kappa shape index (κ3) is 6.37. The summed E-state index contributed by atoms with van der Waals surface area (Å²) in [4.78, 5) is 20.8. The van der Waals surface area contributed by atoms with Crippen molar-refractivity contribution < 1.29 is 19.0 Å². The van der Waals surface area contributed by atoms with Gasteiger partial charge in [0.15, 0.2) is 0 Å². The summed E-state index contributed by atoms with van der Waals surface area (Å²) in [6, 6.07) is 0. The van der Waals surface area contributed by atoms with Crippen molar-refractivity contribution in [2.75, 3.05) is 65.8 Å². The summed E-state index contributed by atoms with van der Waals surface area (Å²) in [5.41, 5.74) is -0.215. The molecule has 138 valence electrons. The molecule has 7 nitrogen and oxygen atoms in total. The Morgan fingerprint density at radius 2 is 1.71 bits per heavy atom. The van der Waals surface area contributed by atoms with E-state index < -0.39 is 6.09 Å². The summed E-state index contributed by atoms with van der Waals surface area (Å²) in [6.07, 6.45) is 0.444. The van der Waals surface area contributed by atoms with Gasteiger partial charge in [-0.15, -0.1) is 0 Å². The average molecular weight is 341 g/mol. The van der Waals surface area contributed by atoms with Crippen molar-refractivity contribution in [3.05, 3.63) is 0 Å². The van der Waals surface area contributed by atoms with Crippen molar-refractivity contribution >= 4 is 11.9 Å². The first-order valence-electron chi connectivity index (χ1n) is 8.85. The number of hydrogen-bond acceptors (Lipinski definition) is 5. The van der Waals surface area contributed by atoms with E-state index in [0.717, 1.165) is 64.8 Å². The SMILES string of the molecule is CC(C)(C)/C(=N/C(=O)OCCN1CCOCC1)N1CCCOCC1. The van der Waals surface area contributed by atoms with E-state index in [2.05, 4.69) is 35.6 Å². The van der Waals surface area contributed by atoms with Crippen LogP contribution in [0.1, 0.15) is 27.2 Å². The lowest BCUT2D eigenvalue weighted by Gasteiger charge is -2.32. The molecule has 0 saturated carbocycles. The Kier molecular flexibility index (Phi) is 7.45. The highest BCUT2D eigenvalue weighted by atomic mass is 16.5. The topological polar surface area (TPSA) is 63.6 Å². The molecule has 0 radical (unpaired) electrons. The molecule has 0 atom stereocenters. The summed E-state index contributed by atoms with van der Waals surface area (Å²) in [7, 11) is 0. The van der Waals surface area contributed by atoms with Crippen molar-refractivity contribution in [1.82, 2.24) is 9.80 Å². The number of hydrogen-bond donors (Lipinski definition) is 0. The van der Waals surface area contributed by atoms with Crippen LogP contribution in [-0.2, 0) is 14.2 Å². The van der Waals surface area contributed by atoms with Gasteiger partial charge in [0.1, 0.15) is 12.4 Å². The Labute approximate surface area is 144 Å². The van der Waals surface area contributed by atoms with Crippen molar-refractivity contribution in [2.24, 2.45) is 10.4 Å². The molecule has 2 saturated heterocycles. The highest BCUT2D eigenvalue weighted by molar-refractivity contribution is 5.95. The predicted octanol–water partition coefficient (Wildman–Crippen LogP) is 1.62. The molecule has 7 heteroatoms. The second-order valence-electron chi connectivity index (χ2n) is 7.21. The summed E-state index contributed by atoms with van der Waals surface area (Å²) in [5.74, 6) is 0.782. The molecule has 2 rings (SSSR count). The van der Waals surface area contributed by atoms with Crippen molar-refractivity contribution in [3.8, 4) is 0 Å². The van der Waals surface area contributed by atoms with Gasteiger partial charge in [-0.25, -0.2) is 4.79 Å². The summed E-state index contributed by atoms with van der Waals surface area (Å²) in [5, 5.41) is 0. The first-order valence-corrected chi connectivity index (χ1v) is 8.85. The molecule has 0 aliphatic carbocycles. The number of carbonyl (C=O) groups is 1. The van der Waals surface area contributed by atoms with Gasteiger partial charge in [-0.1, -0.05) is 20.8 Å². The van der Waals surface area contributed by atoms with E-state index in [1.807, 2.05) is 0 Å². The summed E-state index contributed by atoms with van der Waals surface area (Å²) < 4.78 is 16.1. The lowest BCUT2D eigenvalue weighted by molar-refractivity contribution is 0.0287. The molecular weight excluding hydrogens is 310 g/mol. The number of nitrogens with zero attached hydrogens (tertiary/aromatic N) is 3. The number of morpholine rings is 1. The van der Waals surface area contributed by atoms with Crippen LogP contribution < -0.4 is 0 Å². The molecule has 24 heavy (non-hydrogen) atoms. The lowest BCUT2D eigenvalue weighted by atomic mass is 9.93. The maximum atomic E-state index is 12.2. The molecule has 0 spiro atoms. The maximum Gasteiger partial charge on any atom is 0.435 e. The standard InChI is InChI=1S/C17H31N3O4/c1-17(2,3)15(20-5-4-10-22-13-9-20)18-16(21)24-14-8-19-6-11-23-12-7-19/h4-14H2,1-3H3/b18-15-. The molecular formula is C17H31N3O4. The van der Waals surface area contributed by atoms with Crippen LogP contribution in [0.2, 0.25) is 0 Å². The molecule has 2 aliphatic rings. The van der Waals surface area contributed by atoms with Crippen molar-refractivity contribution in [3.63, 3.8) is 0 Å². The van der Waals surface area contributed by atoms with Gasteiger partial charge in [-0.2, -0.15) is 4.99 Å². The van der Waals surface area contributed by atoms with Crippen LogP contribution in [0, 0.1) is 5.41 Å². The summed E-state index contributed by atoms with van der Waals surface area (Å²) >= 11 is 0. The Morgan fingerprint density at radius 3 is 2.42 bits per heavy atom. The average Bonchev–Trinajstić information content (AvgIpc) is 2.81. The quantitative estimate of drug-likeness (QED) is 0.574. The number of ether oxygens (including phenoxy) is 3. The fourth-order valence-corrected chi connectivity index (χ4v) is 2.88. The molecule has 0 aromatic carbocycles. The van der Waals surface area contributed by atoms with E-state index in [1.54, 1.807) is 0 Å². The minimum Gasteiger partial charge on any atom is -0.447 e. The Balaban J connectivity index is 1.88. The second-order valence-corrected chi connectivity index (χ2v) is 7.21. The number of aliphatic imine (C=N–C) groups is 1. The van der Waals surface area contributed by atoms with E-state index in [-0.39, 0.29) is 5.41 Å². The van der Waals surface area contributed by atoms with Crippen molar-refractivity contribution in [1.29, 1.82) is 0 Å². The number of amidine groups is 1. The monoisotopic (exact) mass is 341 g/mol. The second kappa shape index (κ2) is 9.34. The Hall–Kier alpha value is -1.18. The highest BCUT2D eigenvalue weighted by Crippen LogP contribution is 2.20. The van der Waals surface area contributed by atoms with Crippen LogP contribution in [0.4, 0.5) is 4.79 Å². The zero-order chi connectivity index (χ0) is 17.4. The third-order valence-corrected chi connectivity index (χ3v) is 4.13. The lowest BCUT2D eigenvalue weighted by Crippen LogP contribution is -2.42. The first-order chi connectivity index (χ1) is 11.5. The van der Waals surface area contributed by atoms with E-state index in [0.29, 0.717) is 13.2 Å². The zero-order valence-corrected chi connectivity index (χ0v) is 15.3.